The van der Waals surface area contributed by atoms with Gasteiger partial charge in [0.1, 0.15) is 0 Å². The third kappa shape index (κ3) is 7.14. The monoisotopic (exact) mass is 167 g/mol. The minimum absolute atomic E-state index is 0.127. The predicted molar refractivity (Wildman–Crippen MR) is 50.5 cm³/mol. The minimum Gasteiger partial charge on any atom is -0.356 e. The Morgan fingerprint density at radius 2 is 2.25 bits per heavy atom. The lowest BCUT2D eigenvalue weighted by Crippen LogP contribution is -2.25. The number of carbonyl (C=O) groups is 1. The number of rotatable bonds is 5. The van der Waals surface area contributed by atoms with Crippen LogP contribution in [0.1, 0.15) is 33.1 Å². The molecule has 2 nitrogen and oxygen atoms in total. The molecule has 0 saturated carbocycles. The minimum atomic E-state index is 0.127. The average Bonchev–Trinajstić information content (AvgIpc) is 1.97. The quantitative estimate of drug-likeness (QED) is 0.488. The van der Waals surface area contributed by atoms with E-state index in [1.54, 1.807) is 0 Å². The molecule has 0 atom stereocenters. The van der Waals surface area contributed by atoms with Gasteiger partial charge >= 0.3 is 0 Å². The SMILES string of the molecule is C#CCCCNC(=O)CC(C)C. The second kappa shape index (κ2) is 6.72. The summed E-state index contributed by atoms with van der Waals surface area (Å²) in [7, 11) is 0. The molecule has 0 aliphatic heterocycles. The number of carbonyl (C=O) groups excluding carboxylic acids is 1. The van der Waals surface area contributed by atoms with Crippen molar-refractivity contribution < 1.29 is 4.79 Å². The van der Waals surface area contributed by atoms with Crippen LogP contribution in [0.5, 0.6) is 0 Å². The van der Waals surface area contributed by atoms with Crippen molar-refractivity contribution in [3.63, 3.8) is 0 Å². The topological polar surface area (TPSA) is 29.1 Å². The van der Waals surface area contributed by atoms with E-state index >= 15 is 0 Å². The average molecular weight is 167 g/mol. The Bertz CT molecular complexity index is 167. The van der Waals surface area contributed by atoms with Crippen molar-refractivity contribution in [2.45, 2.75) is 33.1 Å². The molecule has 0 bridgehead atoms. The molecule has 0 aliphatic carbocycles. The smallest absolute Gasteiger partial charge is 0.220 e. The van der Waals surface area contributed by atoms with Gasteiger partial charge in [0.15, 0.2) is 0 Å². The molecule has 0 saturated heterocycles. The summed E-state index contributed by atoms with van der Waals surface area (Å²) >= 11 is 0. The number of hydrogen-bond acceptors (Lipinski definition) is 1. The largest absolute Gasteiger partial charge is 0.356 e. The molecule has 0 unspecified atom stereocenters. The van der Waals surface area contributed by atoms with Gasteiger partial charge in [-0.2, -0.15) is 0 Å². The lowest BCUT2D eigenvalue weighted by Gasteiger charge is -2.05. The first-order valence-corrected chi connectivity index (χ1v) is 4.37. The first kappa shape index (κ1) is 11.0. The van der Waals surface area contributed by atoms with Gasteiger partial charge < -0.3 is 5.32 Å². The van der Waals surface area contributed by atoms with E-state index in [4.69, 9.17) is 6.42 Å². The molecule has 1 N–H and O–H groups in total. The first-order valence-electron chi connectivity index (χ1n) is 4.37. The molecule has 12 heavy (non-hydrogen) atoms. The normalized spacial score (nSPS) is 9.50. The molecule has 0 aliphatic rings. The zero-order valence-electron chi connectivity index (χ0n) is 7.89. The van der Waals surface area contributed by atoms with Gasteiger partial charge in [0.2, 0.25) is 5.91 Å². The third-order valence-electron chi connectivity index (χ3n) is 1.41. The summed E-state index contributed by atoms with van der Waals surface area (Å²) < 4.78 is 0. The molecule has 0 aromatic carbocycles. The highest BCUT2D eigenvalue weighted by Crippen LogP contribution is 1.97. The van der Waals surface area contributed by atoms with E-state index in [1.807, 2.05) is 13.8 Å². The van der Waals surface area contributed by atoms with E-state index in [0.717, 1.165) is 12.8 Å². The Balaban J connectivity index is 3.27. The third-order valence-corrected chi connectivity index (χ3v) is 1.41. The maximum Gasteiger partial charge on any atom is 0.220 e. The summed E-state index contributed by atoms with van der Waals surface area (Å²) in [5.41, 5.74) is 0. The maximum atomic E-state index is 11.1. The van der Waals surface area contributed by atoms with Crippen LogP contribution in [0, 0.1) is 18.3 Å². The lowest BCUT2D eigenvalue weighted by atomic mass is 10.1. The van der Waals surface area contributed by atoms with Crippen LogP contribution in [0.25, 0.3) is 0 Å². The van der Waals surface area contributed by atoms with Crippen LogP contribution in [0.15, 0.2) is 0 Å². The Hall–Kier alpha value is -0.970. The second-order valence-corrected chi connectivity index (χ2v) is 3.26. The molecule has 2 heteroatoms. The van der Waals surface area contributed by atoms with Gasteiger partial charge in [0, 0.05) is 19.4 Å². The van der Waals surface area contributed by atoms with Crippen molar-refractivity contribution in [3.05, 3.63) is 0 Å². The van der Waals surface area contributed by atoms with Crippen LogP contribution in [-0.4, -0.2) is 12.5 Å². The summed E-state index contributed by atoms with van der Waals surface area (Å²) in [6, 6.07) is 0. The van der Waals surface area contributed by atoms with Gasteiger partial charge in [-0.05, 0) is 12.3 Å². The van der Waals surface area contributed by atoms with E-state index in [9.17, 15) is 4.79 Å². The number of nitrogens with one attached hydrogen (secondary N) is 1. The van der Waals surface area contributed by atoms with Crippen molar-refractivity contribution in [2.75, 3.05) is 6.54 Å². The standard InChI is InChI=1S/C10H17NO/c1-4-5-6-7-11-10(12)8-9(2)3/h1,9H,5-8H2,2-3H3,(H,11,12). The zero-order valence-corrected chi connectivity index (χ0v) is 7.89. The molecular formula is C10H17NO. The van der Waals surface area contributed by atoms with Gasteiger partial charge in [-0.3, -0.25) is 4.79 Å². The highest BCUT2D eigenvalue weighted by molar-refractivity contribution is 5.75. The highest BCUT2D eigenvalue weighted by atomic mass is 16.1. The molecule has 0 aromatic rings. The van der Waals surface area contributed by atoms with Crippen molar-refractivity contribution in [1.29, 1.82) is 0 Å². The van der Waals surface area contributed by atoms with Gasteiger partial charge in [0.05, 0.1) is 0 Å². The highest BCUT2D eigenvalue weighted by Gasteiger charge is 2.02. The van der Waals surface area contributed by atoms with E-state index in [1.165, 1.54) is 0 Å². The second-order valence-electron chi connectivity index (χ2n) is 3.26. The molecule has 68 valence electrons. The first-order chi connectivity index (χ1) is 5.66. The number of amides is 1. The molecule has 0 spiro atoms. The Morgan fingerprint density at radius 1 is 1.58 bits per heavy atom. The van der Waals surface area contributed by atoms with Crippen molar-refractivity contribution in [1.82, 2.24) is 5.32 Å². The fraction of sp³-hybridized carbons (Fsp3) is 0.700. The summed E-state index contributed by atoms with van der Waals surface area (Å²) in [6.07, 6.45) is 7.28. The van der Waals surface area contributed by atoms with Gasteiger partial charge in [-0.25, -0.2) is 0 Å². The van der Waals surface area contributed by atoms with Crippen molar-refractivity contribution >= 4 is 5.91 Å². The van der Waals surface area contributed by atoms with Gasteiger partial charge in [0.25, 0.3) is 0 Å². The Morgan fingerprint density at radius 3 is 2.75 bits per heavy atom. The van der Waals surface area contributed by atoms with Crippen LogP contribution in [-0.2, 0) is 4.79 Å². The Kier molecular flexibility index (Phi) is 6.18. The fourth-order valence-electron chi connectivity index (χ4n) is 0.861. The van der Waals surface area contributed by atoms with Crippen molar-refractivity contribution in [3.8, 4) is 12.3 Å². The number of hydrogen-bond donors (Lipinski definition) is 1. The molecule has 0 aromatic heterocycles. The molecule has 0 heterocycles. The number of unbranched alkanes of at least 4 members (excludes halogenated alkanes) is 1. The summed E-state index contributed by atoms with van der Waals surface area (Å²) in [5, 5.41) is 2.81. The summed E-state index contributed by atoms with van der Waals surface area (Å²) in [6.45, 7) is 4.76. The maximum absolute atomic E-state index is 11.1. The summed E-state index contributed by atoms with van der Waals surface area (Å²) in [5.74, 6) is 3.09. The van der Waals surface area contributed by atoms with Gasteiger partial charge in [-0.1, -0.05) is 13.8 Å². The molecule has 0 rings (SSSR count). The predicted octanol–water partition coefficient (Wildman–Crippen LogP) is 1.56. The van der Waals surface area contributed by atoms with Crippen LogP contribution < -0.4 is 5.32 Å². The van der Waals surface area contributed by atoms with Crippen LogP contribution in [0.2, 0.25) is 0 Å². The van der Waals surface area contributed by atoms with E-state index < -0.39 is 0 Å². The summed E-state index contributed by atoms with van der Waals surface area (Å²) in [4.78, 5) is 11.1. The van der Waals surface area contributed by atoms with Crippen molar-refractivity contribution in [2.24, 2.45) is 5.92 Å². The number of terminal acetylenes is 1. The molecule has 0 fully saturated rings. The van der Waals surface area contributed by atoms with E-state index in [-0.39, 0.29) is 5.91 Å². The fourth-order valence-corrected chi connectivity index (χ4v) is 0.861. The zero-order chi connectivity index (χ0) is 9.40. The van der Waals surface area contributed by atoms with E-state index in [2.05, 4.69) is 11.2 Å². The van der Waals surface area contributed by atoms with Gasteiger partial charge in [-0.15, -0.1) is 12.3 Å². The molecule has 0 radical (unpaired) electrons. The van der Waals surface area contributed by atoms with Crippen LogP contribution >= 0.6 is 0 Å². The van der Waals surface area contributed by atoms with Crippen LogP contribution in [0.3, 0.4) is 0 Å². The van der Waals surface area contributed by atoms with Crippen LogP contribution in [0.4, 0.5) is 0 Å². The Labute approximate surface area is 74.7 Å². The van der Waals surface area contributed by atoms with E-state index in [0.29, 0.717) is 18.9 Å². The lowest BCUT2D eigenvalue weighted by molar-refractivity contribution is -0.121. The molecular weight excluding hydrogens is 150 g/mol. The molecule has 1 amide bonds.